The SMILES string of the molecule is CCCNCc1ccc(N(C)CCS(C)(=O)=O)c(C#N)c1. The summed E-state index contributed by atoms with van der Waals surface area (Å²) >= 11 is 0. The lowest BCUT2D eigenvalue weighted by Gasteiger charge is -2.20. The maximum atomic E-state index is 11.2. The molecule has 1 rings (SSSR count). The number of rotatable bonds is 8. The van der Waals surface area contributed by atoms with Crippen molar-refractivity contribution < 1.29 is 8.42 Å². The molecule has 0 bridgehead atoms. The second-order valence-corrected chi connectivity index (χ2v) is 7.45. The average molecular weight is 309 g/mol. The van der Waals surface area contributed by atoms with Crippen LogP contribution in [0.15, 0.2) is 18.2 Å². The Bertz CT molecular complexity index is 606. The van der Waals surface area contributed by atoms with Gasteiger partial charge in [0, 0.05) is 26.4 Å². The summed E-state index contributed by atoms with van der Waals surface area (Å²) in [6, 6.07) is 7.89. The van der Waals surface area contributed by atoms with Gasteiger partial charge in [0.05, 0.1) is 17.0 Å². The van der Waals surface area contributed by atoms with Crippen LogP contribution >= 0.6 is 0 Å². The van der Waals surface area contributed by atoms with Crippen LogP contribution in [0.2, 0.25) is 0 Å². The summed E-state index contributed by atoms with van der Waals surface area (Å²) < 4.78 is 22.4. The summed E-state index contributed by atoms with van der Waals surface area (Å²) in [6.45, 7) is 4.16. The molecule has 0 aliphatic rings. The van der Waals surface area contributed by atoms with E-state index in [1.54, 1.807) is 7.05 Å². The minimum absolute atomic E-state index is 0.0776. The van der Waals surface area contributed by atoms with E-state index in [1.807, 2.05) is 23.1 Å². The van der Waals surface area contributed by atoms with E-state index < -0.39 is 9.84 Å². The average Bonchev–Trinajstić information content (AvgIpc) is 2.44. The first-order valence-electron chi connectivity index (χ1n) is 7.00. The van der Waals surface area contributed by atoms with E-state index in [0.29, 0.717) is 12.1 Å². The molecule has 0 spiro atoms. The number of nitrogens with one attached hydrogen (secondary N) is 1. The smallest absolute Gasteiger partial charge is 0.149 e. The fraction of sp³-hybridized carbons (Fsp3) is 0.533. The minimum atomic E-state index is -3.00. The second-order valence-electron chi connectivity index (χ2n) is 5.19. The molecule has 116 valence electrons. The predicted octanol–water partition coefficient (Wildman–Crippen LogP) is 1.54. The zero-order valence-corrected chi connectivity index (χ0v) is 13.7. The van der Waals surface area contributed by atoms with Crippen LogP contribution in [0.5, 0.6) is 0 Å². The number of nitriles is 1. The summed E-state index contributed by atoms with van der Waals surface area (Å²) in [5.41, 5.74) is 2.39. The van der Waals surface area contributed by atoms with E-state index in [-0.39, 0.29) is 5.75 Å². The van der Waals surface area contributed by atoms with E-state index in [0.717, 1.165) is 30.8 Å². The fourth-order valence-electron chi connectivity index (χ4n) is 1.95. The topological polar surface area (TPSA) is 73.2 Å². The first-order valence-corrected chi connectivity index (χ1v) is 9.06. The number of hydrogen-bond donors (Lipinski definition) is 1. The monoisotopic (exact) mass is 309 g/mol. The number of hydrogen-bond acceptors (Lipinski definition) is 5. The number of sulfone groups is 1. The van der Waals surface area contributed by atoms with Crippen molar-refractivity contribution in [2.24, 2.45) is 0 Å². The third-order valence-electron chi connectivity index (χ3n) is 3.15. The molecule has 0 aromatic heterocycles. The predicted molar refractivity (Wildman–Crippen MR) is 86.1 cm³/mol. The molecule has 0 aliphatic carbocycles. The highest BCUT2D eigenvalue weighted by Gasteiger charge is 2.11. The van der Waals surface area contributed by atoms with Crippen molar-refractivity contribution in [2.75, 3.05) is 37.0 Å². The molecule has 0 heterocycles. The van der Waals surface area contributed by atoms with Crippen LogP contribution in [-0.2, 0) is 16.4 Å². The van der Waals surface area contributed by atoms with Crippen molar-refractivity contribution in [3.8, 4) is 6.07 Å². The fourth-order valence-corrected chi connectivity index (χ4v) is 2.55. The highest BCUT2D eigenvalue weighted by molar-refractivity contribution is 7.90. The quantitative estimate of drug-likeness (QED) is 0.737. The molecule has 0 unspecified atom stereocenters. The molecule has 21 heavy (non-hydrogen) atoms. The molecule has 0 aliphatic heterocycles. The van der Waals surface area contributed by atoms with Crippen molar-refractivity contribution in [1.82, 2.24) is 5.32 Å². The summed E-state index contributed by atoms with van der Waals surface area (Å²) in [7, 11) is -1.20. The number of anilines is 1. The van der Waals surface area contributed by atoms with Crippen LogP contribution in [0, 0.1) is 11.3 Å². The Balaban J connectivity index is 2.81. The van der Waals surface area contributed by atoms with E-state index in [1.165, 1.54) is 6.26 Å². The minimum Gasteiger partial charge on any atom is -0.373 e. The summed E-state index contributed by atoms with van der Waals surface area (Å²) in [5, 5.41) is 12.6. The van der Waals surface area contributed by atoms with Crippen LogP contribution in [0.25, 0.3) is 0 Å². The van der Waals surface area contributed by atoms with Crippen LogP contribution < -0.4 is 10.2 Å². The molecular formula is C15H23N3O2S. The van der Waals surface area contributed by atoms with Crippen molar-refractivity contribution in [2.45, 2.75) is 19.9 Å². The molecule has 6 heteroatoms. The molecule has 1 aromatic rings. The van der Waals surface area contributed by atoms with Gasteiger partial charge in [0.25, 0.3) is 0 Å². The third kappa shape index (κ3) is 6.15. The number of nitrogens with zero attached hydrogens (tertiary/aromatic N) is 2. The summed E-state index contributed by atoms with van der Waals surface area (Å²) in [6.07, 6.45) is 2.28. The second kappa shape index (κ2) is 8.01. The van der Waals surface area contributed by atoms with E-state index in [4.69, 9.17) is 0 Å². The van der Waals surface area contributed by atoms with Gasteiger partial charge in [-0.15, -0.1) is 0 Å². The maximum Gasteiger partial charge on any atom is 0.149 e. The van der Waals surface area contributed by atoms with Crippen molar-refractivity contribution in [3.63, 3.8) is 0 Å². The molecule has 1 N–H and O–H groups in total. The van der Waals surface area contributed by atoms with Gasteiger partial charge in [0.2, 0.25) is 0 Å². The molecule has 0 amide bonds. The third-order valence-corrected chi connectivity index (χ3v) is 4.07. The van der Waals surface area contributed by atoms with E-state index in [2.05, 4.69) is 18.3 Å². The molecular weight excluding hydrogens is 286 g/mol. The highest BCUT2D eigenvalue weighted by Crippen LogP contribution is 2.20. The Kier molecular flexibility index (Phi) is 6.66. The largest absolute Gasteiger partial charge is 0.373 e. The number of benzene rings is 1. The Morgan fingerprint density at radius 1 is 1.38 bits per heavy atom. The van der Waals surface area contributed by atoms with Gasteiger partial charge < -0.3 is 10.2 Å². The molecule has 1 aromatic carbocycles. The van der Waals surface area contributed by atoms with Crippen molar-refractivity contribution >= 4 is 15.5 Å². The molecule has 0 radical (unpaired) electrons. The van der Waals surface area contributed by atoms with Crippen molar-refractivity contribution in [3.05, 3.63) is 29.3 Å². The van der Waals surface area contributed by atoms with Gasteiger partial charge in [-0.3, -0.25) is 0 Å². The van der Waals surface area contributed by atoms with Gasteiger partial charge in [-0.05, 0) is 30.7 Å². The Morgan fingerprint density at radius 2 is 2.10 bits per heavy atom. The lowest BCUT2D eigenvalue weighted by molar-refractivity contribution is 0.601. The van der Waals surface area contributed by atoms with Gasteiger partial charge in [-0.1, -0.05) is 13.0 Å². The van der Waals surface area contributed by atoms with Gasteiger partial charge in [0.15, 0.2) is 0 Å². The standard InChI is InChI=1S/C15H23N3O2S/c1-4-7-17-12-13-5-6-15(14(10-13)11-16)18(2)8-9-21(3,19)20/h5-6,10,17H,4,7-9,12H2,1-3H3. The molecule has 0 fully saturated rings. The maximum absolute atomic E-state index is 11.2. The van der Waals surface area contributed by atoms with Gasteiger partial charge in [-0.2, -0.15) is 5.26 Å². The van der Waals surface area contributed by atoms with Crippen LogP contribution in [0.3, 0.4) is 0 Å². The van der Waals surface area contributed by atoms with Crippen LogP contribution in [-0.4, -0.2) is 40.6 Å². The van der Waals surface area contributed by atoms with Crippen LogP contribution in [0.1, 0.15) is 24.5 Å². The molecule has 0 saturated heterocycles. The van der Waals surface area contributed by atoms with Gasteiger partial charge in [-0.25, -0.2) is 8.42 Å². The highest BCUT2D eigenvalue weighted by atomic mass is 32.2. The summed E-state index contributed by atoms with van der Waals surface area (Å²) in [5.74, 6) is 0.0776. The Hall–Kier alpha value is -1.58. The van der Waals surface area contributed by atoms with Crippen molar-refractivity contribution in [1.29, 1.82) is 5.26 Å². The van der Waals surface area contributed by atoms with Gasteiger partial charge >= 0.3 is 0 Å². The summed E-state index contributed by atoms with van der Waals surface area (Å²) in [4.78, 5) is 1.81. The van der Waals surface area contributed by atoms with E-state index in [9.17, 15) is 13.7 Å². The molecule has 0 saturated carbocycles. The lowest BCUT2D eigenvalue weighted by atomic mass is 10.1. The zero-order valence-electron chi connectivity index (χ0n) is 12.9. The van der Waals surface area contributed by atoms with Crippen LogP contribution in [0.4, 0.5) is 5.69 Å². The van der Waals surface area contributed by atoms with E-state index >= 15 is 0 Å². The molecule has 5 nitrogen and oxygen atoms in total. The lowest BCUT2D eigenvalue weighted by Crippen LogP contribution is -2.25. The first-order chi connectivity index (χ1) is 9.87. The molecule has 0 atom stereocenters. The Morgan fingerprint density at radius 3 is 2.67 bits per heavy atom. The zero-order chi connectivity index (χ0) is 15.9. The Labute approximate surface area is 127 Å². The van der Waals surface area contributed by atoms with Gasteiger partial charge in [0.1, 0.15) is 15.9 Å². The normalized spacial score (nSPS) is 11.1. The first kappa shape index (κ1) is 17.5.